The van der Waals surface area contributed by atoms with E-state index in [9.17, 15) is 4.79 Å². The molecule has 1 heterocycles. The summed E-state index contributed by atoms with van der Waals surface area (Å²) in [4.78, 5) is 11.0. The van der Waals surface area contributed by atoms with Gasteiger partial charge in [-0.3, -0.25) is 0 Å². The molecule has 18 heavy (non-hydrogen) atoms. The highest BCUT2D eigenvalue weighted by Gasteiger charge is 2.22. The van der Waals surface area contributed by atoms with Crippen LogP contribution in [0.1, 0.15) is 19.4 Å². The maximum atomic E-state index is 11.0. The highest BCUT2D eigenvalue weighted by Crippen LogP contribution is 2.32. The molecule has 2 rings (SSSR count). The van der Waals surface area contributed by atoms with Crippen molar-refractivity contribution in [3.63, 3.8) is 0 Å². The molecular weight excluding hydrogens is 236 g/mol. The van der Waals surface area contributed by atoms with Crippen LogP contribution in [0.2, 0.25) is 0 Å². The van der Waals surface area contributed by atoms with E-state index in [2.05, 4.69) is 0 Å². The van der Waals surface area contributed by atoms with Gasteiger partial charge in [0, 0.05) is 0 Å². The van der Waals surface area contributed by atoms with Crippen LogP contribution < -0.4 is 9.47 Å². The fraction of sp³-hybridized carbons (Fsp3) is 0.462. The molecule has 1 unspecified atom stereocenters. The standard InChI is InChI=1S/C13H16O5/c1-8(2)12(13(14)15)16-6-9-3-4-10-11(5-9)18-7-17-10/h3-5,8,12H,6-7H2,1-2H3,(H,14,15). The molecule has 0 aromatic heterocycles. The second-order valence-corrected chi connectivity index (χ2v) is 4.50. The van der Waals surface area contributed by atoms with E-state index in [1.54, 1.807) is 6.07 Å². The van der Waals surface area contributed by atoms with Crippen LogP contribution in [0.25, 0.3) is 0 Å². The zero-order chi connectivity index (χ0) is 13.1. The van der Waals surface area contributed by atoms with Crippen LogP contribution in [0, 0.1) is 5.92 Å². The first-order valence-corrected chi connectivity index (χ1v) is 5.81. The van der Waals surface area contributed by atoms with Gasteiger partial charge in [0.05, 0.1) is 6.61 Å². The molecule has 0 saturated heterocycles. The quantitative estimate of drug-likeness (QED) is 0.868. The van der Waals surface area contributed by atoms with Crippen molar-refractivity contribution in [3.05, 3.63) is 23.8 Å². The molecule has 5 nitrogen and oxygen atoms in total. The van der Waals surface area contributed by atoms with Crippen molar-refractivity contribution in [2.45, 2.75) is 26.6 Å². The van der Waals surface area contributed by atoms with Gasteiger partial charge in [-0.1, -0.05) is 19.9 Å². The lowest BCUT2D eigenvalue weighted by Gasteiger charge is -2.17. The molecule has 1 aliphatic rings. The molecule has 0 aliphatic carbocycles. The minimum atomic E-state index is -0.939. The third kappa shape index (κ3) is 2.73. The number of fused-ring (bicyclic) bond motifs is 1. The predicted octanol–water partition coefficient (Wildman–Crippen LogP) is 2.04. The van der Waals surface area contributed by atoms with Crippen LogP contribution >= 0.6 is 0 Å². The fourth-order valence-electron chi connectivity index (χ4n) is 1.77. The average molecular weight is 252 g/mol. The summed E-state index contributed by atoms with van der Waals surface area (Å²) in [6.07, 6.45) is -0.796. The van der Waals surface area contributed by atoms with Gasteiger partial charge in [0.2, 0.25) is 6.79 Å². The molecule has 1 aromatic carbocycles. The van der Waals surface area contributed by atoms with Crippen LogP contribution in [-0.4, -0.2) is 24.0 Å². The number of carbonyl (C=O) groups is 1. The molecule has 0 bridgehead atoms. The normalized spacial score (nSPS) is 14.8. The van der Waals surface area contributed by atoms with E-state index in [-0.39, 0.29) is 19.3 Å². The van der Waals surface area contributed by atoms with E-state index in [1.165, 1.54) is 0 Å². The minimum Gasteiger partial charge on any atom is -0.479 e. The summed E-state index contributed by atoms with van der Waals surface area (Å²) in [6, 6.07) is 5.44. The van der Waals surface area contributed by atoms with E-state index >= 15 is 0 Å². The number of hydrogen-bond acceptors (Lipinski definition) is 4. The van der Waals surface area contributed by atoms with E-state index in [4.69, 9.17) is 19.3 Å². The molecule has 1 aliphatic heterocycles. The molecule has 0 spiro atoms. The lowest BCUT2D eigenvalue weighted by atomic mass is 10.1. The zero-order valence-electron chi connectivity index (χ0n) is 10.4. The van der Waals surface area contributed by atoms with E-state index < -0.39 is 12.1 Å². The number of carboxylic acids is 1. The summed E-state index contributed by atoms with van der Waals surface area (Å²) >= 11 is 0. The van der Waals surface area contributed by atoms with Gasteiger partial charge in [0.25, 0.3) is 0 Å². The number of carboxylic acid groups (broad SMARTS) is 1. The Morgan fingerprint density at radius 2 is 2.11 bits per heavy atom. The summed E-state index contributed by atoms with van der Waals surface area (Å²) < 4.78 is 15.9. The smallest absolute Gasteiger partial charge is 0.333 e. The lowest BCUT2D eigenvalue weighted by Crippen LogP contribution is -2.29. The molecule has 1 aromatic rings. The lowest BCUT2D eigenvalue weighted by molar-refractivity contribution is -0.154. The Kier molecular flexibility index (Phi) is 3.72. The van der Waals surface area contributed by atoms with Crippen molar-refractivity contribution in [2.75, 3.05) is 6.79 Å². The third-order valence-corrected chi connectivity index (χ3v) is 2.72. The van der Waals surface area contributed by atoms with Gasteiger partial charge in [0.1, 0.15) is 0 Å². The largest absolute Gasteiger partial charge is 0.479 e. The van der Waals surface area contributed by atoms with Crippen LogP contribution in [0.4, 0.5) is 0 Å². The summed E-state index contributed by atoms with van der Waals surface area (Å²) in [5, 5.41) is 9.01. The zero-order valence-corrected chi connectivity index (χ0v) is 10.4. The maximum Gasteiger partial charge on any atom is 0.333 e. The summed E-state index contributed by atoms with van der Waals surface area (Å²) in [6.45, 7) is 4.10. The number of aliphatic carboxylic acids is 1. The minimum absolute atomic E-state index is 0.0727. The summed E-state index contributed by atoms with van der Waals surface area (Å²) in [5.41, 5.74) is 0.867. The molecular formula is C13H16O5. The first-order valence-electron chi connectivity index (χ1n) is 5.81. The molecule has 0 radical (unpaired) electrons. The SMILES string of the molecule is CC(C)C(OCc1ccc2c(c1)OCO2)C(=O)O. The van der Waals surface area contributed by atoms with Crippen molar-refractivity contribution in [2.24, 2.45) is 5.92 Å². The molecule has 5 heteroatoms. The van der Waals surface area contributed by atoms with Gasteiger partial charge in [-0.05, 0) is 23.6 Å². The Morgan fingerprint density at radius 3 is 2.78 bits per heavy atom. The Balaban J connectivity index is 1.99. The Morgan fingerprint density at radius 1 is 1.39 bits per heavy atom. The third-order valence-electron chi connectivity index (χ3n) is 2.72. The van der Waals surface area contributed by atoms with Crippen molar-refractivity contribution in [1.82, 2.24) is 0 Å². The molecule has 1 N–H and O–H groups in total. The van der Waals surface area contributed by atoms with E-state index in [1.807, 2.05) is 26.0 Å². The molecule has 0 fully saturated rings. The Bertz CT molecular complexity index is 441. The first kappa shape index (κ1) is 12.7. The number of hydrogen-bond donors (Lipinski definition) is 1. The van der Waals surface area contributed by atoms with Gasteiger partial charge >= 0.3 is 5.97 Å². The van der Waals surface area contributed by atoms with Crippen LogP contribution in [-0.2, 0) is 16.1 Å². The second kappa shape index (κ2) is 5.27. The van der Waals surface area contributed by atoms with Gasteiger partial charge < -0.3 is 19.3 Å². The topological polar surface area (TPSA) is 65.0 Å². The number of benzene rings is 1. The van der Waals surface area contributed by atoms with Crippen molar-refractivity contribution < 1.29 is 24.1 Å². The summed E-state index contributed by atoms with van der Waals surface area (Å²) in [7, 11) is 0. The van der Waals surface area contributed by atoms with Crippen LogP contribution in [0.3, 0.4) is 0 Å². The monoisotopic (exact) mass is 252 g/mol. The summed E-state index contributed by atoms with van der Waals surface area (Å²) in [5.74, 6) is 0.368. The molecule has 1 atom stereocenters. The fourth-order valence-corrected chi connectivity index (χ4v) is 1.77. The average Bonchev–Trinajstić information content (AvgIpc) is 2.75. The number of rotatable bonds is 5. The predicted molar refractivity (Wildman–Crippen MR) is 63.6 cm³/mol. The molecule has 0 amide bonds. The molecule has 0 saturated carbocycles. The Labute approximate surface area is 105 Å². The van der Waals surface area contributed by atoms with E-state index in [0.29, 0.717) is 11.5 Å². The van der Waals surface area contributed by atoms with Crippen LogP contribution in [0.15, 0.2) is 18.2 Å². The highest BCUT2D eigenvalue weighted by atomic mass is 16.7. The molecule has 98 valence electrons. The van der Waals surface area contributed by atoms with E-state index in [0.717, 1.165) is 5.56 Å². The highest BCUT2D eigenvalue weighted by molar-refractivity contribution is 5.72. The maximum absolute atomic E-state index is 11.0. The van der Waals surface area contributed by atoms with Crippen molar-refractivity contribution in [1.29, 1.82) is 0 Å². The number of ether oxygens (including phenoxy) is 3. The second-order valence-electron chi connectivity index (χ2n) is 4.50. The van der Waals surface area contributed by atoms with Gasteiger partial charge in [-0.15, -0.1) is 0 Å². The van der Waals surface area contributed by atoms with Crippen LogP contribution in [0.5, 0.6) is 11.5 Å². The Hall–Kier alpha value is -1.75. The van der Waals surface area contributed by atoms with Gasteiger partial charge in [-0.2, -0.15) is 0 Å². The van der Waals surface area contributed by atoms with Gasteiger partial charge in [-0.25, -0.2) is 4.79 Å². The van der Waals surface area contributed by atoms with Crippen molar-refractivity contribution in [3.8, 4) is 11.5 Å². The first-order chi connectivity index (χ1) is 8.58. The van der Waals surface area contributed by atoms with Crippen molar-refractivity contribution >= 4 is 5.97 Å². The van der Waals surface area contributed by atoms with Gasteiger partial charge in [0.15, 0.2) is 17.6 Å².